The van der Waals surface area contributed by atoms with E-state index in [0.717, 1.165) is 41.8 Å². The third kappa shape index (κ3) is 3.15. The quantitative estimate of drug-likeness (QED) is 0.526. The number of alkyl halides is 2. The number of nitro benzene ring substituents is 1. The standard InChI is InChI=1S/C17H12F3N5O3/c18-11-4-3-9(5-13(11)25(27)28)22-17(26)10-7-21-24-14(15(19)20)6-12(8-1-2-8)23-16(10)24/h3-8,15H,1-2H2,(H,22,26). The van der Waals surface area contributed by atoms with E-state index < -0.39 is 28.8 Å². The summed E-state index contributed by atoms with van der Waals surface area (Å²) in [6, 6.07) is 4.15. The molecule has 0 spiro atoms. The fraction of sp³-hybridized carbons (Fsp3) is 0.235. The van der Waals surface area contributed by atoms with Crippen LogP contribution in [-0.4, -0.2) is 25.4 Å². The zero-order valence-electron chi connectivity index (χ0n) is 14.1. The van der Waals surface area contributed by atoms with Crippen molar-refractivity contribution in [1.82, 2.24) is 14.6 Å². The molecule has 1 fully saturated rings. The molecule has 1 amide bonds. The summed E-state index contributed by atoms with van der Waals surface area (Å²) in [5.41, 5.74) is -0.833. The maximum atomic E-state index is 13.4. The highest BCUT2D eigenvalue weighted by Crippen LogP contribution is 2.40. The number of benzene rings is 1. The second-order valence-corrected chi connectivity index (χ2v) is 6.35. The Hall–Kier alpha value is -3.50. The number of halogens is 3. The zero-order valence-corrected chi connectivity index (χ0v) is 14.1. The molecule has 1 aliphatic carbocycles. The monoisotopic (exact) mass is 391 g/mol. The molecule has 0 radical (unpaired) electrons. The molecule has 0 saturated heterocycles. The molecule has 2 heterocycles. The number of nitrogens with one attached hydrogen (secondary N) is 1. The molecule has 0 aliphatic heterocycles. The normalized spacial score (nSPS) is 13.9. The highest BCUT2D eigenvalue weighted by molar-refractivity contribution is 6.08. The number of carbonyl (C=O) groups excluding carboxylic acids is 1. The Morgan fingerprint density at radius 1 is 1.32 bits per heavy atom. The first-order valence-corrected chi connectivity index (χ1v) is 8.27. The van der Waals surface area contributed by atoms with Gasteiger partial charge in [-0.15, -0.1) is 0 Å². The number of aromatic nitrogens is 3. The fourth-order valence-electron chi connectivity index (χ4n) is 2.84. The van der Waals surface area contributed by atoms with Crippen LogP contribution < -0.4 is 5.32 Å². The van der Waals surface area contributed by atoms with Crippen molar-refractivity contribution in [2.75, 3.05) is 5.32 Å². The lowest BCUT2D eigenvalue weighted by atomic mass is 10.2. The van der Waals surface area contributed by atoms with E-state index in [1.807, 2.05) is 0 Å². The zero-order chi connectivity index (χ0) is 20.0. The van der Waals surface area contributed by atoms with Gasteiger partial charge in [0, 0.05) is 23.4 Å². The van der Waals surface area contributed by atoms with Crippen LogP contribution >= 0.6 is 0 Å². The van der Waals surface area contributed by atoms with Crippen molar-refractivity contribution in [2.24, 2.45) is 0 Å². The first kappa shape index (κ1) is 17.9. The number of nitro groups is 1. The molecule has 1 saturated carbocycles. The van der Waals surface area contributed by atoms with Gasteiger partial charge in [0.1, 0.15) is 11.3 Å². The molecule has 144 valence electrons. The number of amides is 1. The molecule has 11 heteroatoms. The van der Waals surface area contributed by atoms with Crippen molar-refractivity contribution in [3.8, 4) is 0 Å². The molecular weight excluding hydrogens is 379 g/mol. The topological polar surface area (TPSA) is 102 Å². The van der Waals surface area contributed by atoms with E-state index in [9.17, 15) is 28.1 Å². The molecule has 0 atom stereocenters. The highest BCUT2D eigenvalue weighted by Gasteiger charge is 2.29. The lowest BCUT2D eigenvalue weighted by Gasteiger charge is -2.08. The van der Waals surface area contributed by atoms with E-state index in [1.54, 1.807) is 0 Å². The van der Waals surface area contributed by atoms with Gasteiger partial charge < -0.3 is 5.32 Å². The van der Waals surface area contributed by atoms with Crippen LogP contribution in [0, 0.1) is 15.9 Å². The molecule has 3 aromatic rings. The summed E-state index contributed by atoms with van der Waals surface area (Å²) in [6.45, 7) is 0. The smallest absolute Gasteiger partial charge is 0.306 e. The van der Waals surface area contributed by atoms with Crippen molar-refractivity contribution in [1.29, 1.82) is 0 Å². The average Bonchev–Trinajstić information content (AvgIpc) is 3.41. The summed E-state index contributed by atoms with van der Waals surface area (Å²) in [6.07, 6.45) is -0.0433. The second kappa shape index (κ2) is 6.59. The maximum Gasteiger partial charge on any atom is 0.306 e. The molecule has 2 aromatic heterocycles. The van der Waals surface area contributed by atoms with Crippen molar-refractivity contribution in [3.05, 3.63) is 63.3 Å². The Labute approximate surface area is 155 Å². The summed E-state index contributed by atoms with van der Waals surface area (Å²) in [5, 5.41) is 17.0. The maximum absolute atomic E-state index is 13.4. The molecule has 28 heavy (non-hydrogen) atoms. The van der Waals surface area contributed by atoms with Gasteiger partial charge in [-0.05, 0) is 31.0 Å². The Bertz CT molecular complexity index is 1110. The highest BCUT2D eigenvalue weighted by atomic mass is 19.3. The van der Waals surface area contributed by atoms with E-state index in [2.05, 4.69) is 15.4 Å². The SMILES string of the molecule is O=C(Nc1ccc(F)c([N+](=O)[O-])c1)c1cnn2c(C(F)F)cc(C3CC3)nc12. The largest absolute Gasteiger partial charge is 0.322 e. The van der Waals surface area contributed by atoms with Gasteiger partial charge in [0.2, 0.25) is 5.82 Å². The van der Waals surface area contributed by atoms with E-state index in [0.29, 0.717) is 5.69 Å². The minimum Gasteiger partial charge on any atom is -0.322 e. The molecule has 1 aromatic carbocycles. The van der Waals surface area contributed by atoms with Crippen molar-refractivity contribution in [3.63, 3.8) is 0 Å². The summed E-state index contributed by atoms with van der Waals surface area (Å²) < 4.78 is 41.1. The summed E-state index contributed by atoms with van der Waals surface area (Å²) in [5.74, 6) is -1.72. The van der Waals surface area contributed by atoms with Gasteiger partial charge in [-0.1, -0.05) is 0 Å². The van der Waals surface area contributed by atoms with Crippen molar-refractivity contribution in [2.45, 2.75) is 25.2 Å². The van der Waals surface area contributed by atoms with Crippen LogP contribution in [0.5, 0.6) is 0 Å². The molecule has 0 bridgehead atoms. The van der Waals surface area contributed by atoms with E-state index in [1.165, 1.54) is 6.07 Å². The number of nitrogens with zero attached hydrogens (tertiary/aromatic N) is 4. The van der Waals surface area contributed by atoms with Crippen LogP contribution in [0.4, 0.5) is 24.5 Å². The summed E-state index contributed by atoms with van der Waals surface area (Å²) in [4.78, 5) is 26.8. The number of anilines is 1. The minimum absolute atomic E-state index is 0.0233. The Balaban J connectivity index is 1.72. The minimum atomic E-state index is -2.81. The van der Waals surface area contributed by atoms with Crippen LogP contribution in [0.2, 0.25) is 0 Å². The van der Waals surface area contributed by atoms with E-state index in [-0.39, 0.29) is 28.5 Å². The van der Waals surface area contributed by atoms with E-state index in [4.69, 9.17) is 0 Å². The van der Waals surface area contributed by atoms with Gasteiger partial charge >= 0.3 is 5.69 Å². The van der Waals surface area contributed by atoms with Gasteiger partial charge in [-0.25, -0.2) is 18.3 Å². The van der Waals surface area contributed by atoms with Crippen molar-refractivity contribution < 1.29 is 22.9 Å². The molecule has 4 rings (SSSR count). The van der Waals surface area contributed by atoms with Crippen LogP contribution in [-0.2, 0) is 0 Å². The molecule has 8 nitrogen and oxygen atoms in total. The lowest BCUT2D eigenvalue weighted by molar-refractivity contribution is -0.387. The van der Waals surface area contributed by atoms with Gasteiger partial charge in [-0.2, -0.15) is 9.49 Å². The van der Waals surface area contributed by atoms with Crippen LogP contribution in [0.15, 0.2) is 30.5 Å². The van der Waals surface area contributed by atoms with Crippen LogP contribution in [0.1, 0.15) is 46.9 Å². The number of fused-ring (bicyclic) bond motifs is 1. The average molecular weight is 391 g/mol. The first-order valence-electron chi connectivity index (χ1n) is 8.27. The predicted octanol–water partition coefficient (Wildman–Crippen LogP) is 3.84. The molecule has 0 unspecified atom stereocenters. The van der Waals surface area contributed by atoms with Crippen LogP contribution in [0.25, 0.3) is 5.65 Å². The number of carbonyl (C=O) groups is 1. The Morgan fingerprint density at radius 3 is 2.71 bits per heavy atom. The predicted molar refractivity (Wildman–Crippen MR) is 90.9 cm³/mol. The molecule has 1 aliphatic rings. The van der Waals surface area contributed by atoms with E-state index >= 15 is 0 Å². The van der Waals surface area contributed by atoms with Gasteiger partial charge in [0.15, 0.2) is 5.65 Å². The Morgan fingerprint density at radius 2 is 2.07 bits per heavy atom. The molecular formula is C17H12F3N5O3. The summed E-state index contributed by atoms with van der Waals surface area (Å²) >= 11 is 0. The number of hydrogen-bond donors (Lipinski definition) is 1. The number of hydrogen-bond acceptors (Lipinski definition) is 5. The van der Waals surface area contributed by atoms with Gasteiger partial charge in [0.25, 0.3) is 12.3 Å². The third-order valence-electron chi connectivity index (χ3n) is 4.38. The number of rotatable bonds is 5. The molecule has 1 N–H and O–H groups in total. The van der Waals surface area contributed by atoms with Gasteiger partial charge in [-0.3, -0.25) is 14.9 Å². The third-order valence-corrected chi connectivity index (χ3v) is 4.38. The van der Waals surface area contributed by atoms with Crippen LogP contribution in [0.3, 0.4) is 0 Å². The summed E-state index contributed by atoms with van der Waals surface area (Å²) in [7, 11) is 0. The Kier molecular flexibility index (Phi) is 4.21. The van der Waals surface area contributed by atoms with Gasteiger partial charge in [0.05, 0.1) is 11.1 Å². The lowest BCUT2D eigenvalue weighted by Crippen LogP contribution is -2.13. The fourth-order valence-corrected chi connectivity index (χ4v) is 2.84. The van der Waals surface area contributed by atoms with Crippen molar-refractivity contribution >= 4 is 22.9 Å². The first-order chi connectivity index (χ1) is 13.3. The second-order valence-electron chi connectivity index (χ2n) is 6.35.